The first kappa shape index (κ1) is 16.3. The van der Waals surface area contributed by atoms with E-state index < -0.39 is 0 Å². The fourth-order valence-corrected chi connectivity index (χ4v) is 2.63. The van der Waals surface area contributed by atoms with E-state index in [1.165, 1.54) is 12.8 Å². The normalized spacial score (nSPS) is 13.6. The van der Waals surface area contributed by atoms with Crippen LogP contribution < -0.4 is 10.6 Å². The summed E-state index contributed by atoms with van der Waals surface area (Å²) in [6.07, 6.45) is 5.24. The molecule has 0 saturated carbocycles. The molecule has 0 aliphatic carbocycles. The first-order valence-electron chi connectivity index (χ1n) is 7.98. The minimum absolute atomic E-state index is 0.0637. The number of nitrogens with zero attached hydrogens (tertiary/aromatic N) is 2. The first-order chi connectivity index (χ1) is 10.7. The number of aromatic amines is 1. The number of unbranched alkanes of at least 4 members (excludes halogenated alkanes) is 3. The molecule has 0 aromatic carbocycles. The van der Waals surface area contributed by atoms with Crippen molar-refractivity contribution >= 4 is 11.9 Å². The van der Waals surface area contributed by atoms with E-state index in [0.717, 1.165) is 24.1 Å². The van der Waals surface area contributed by atoms with Crippen LogP contribution in [0.5, 0.6) is 0 Å². The third-order valence-electron chi connectivity index (χ3n) is 3.97. The molecular formula is C15H25N5O2. The Labute approximate surface area is 130 Å². The van der Waals surface area contributed by atoms with Gasteiger partial charge in [0.1, 0.15) is 0 Å². The Kier molecular flexibility index (Phi) is 5.80. The van der Waals surface area contributed by atoms with Gasteiger partial charge >= 0.3 is 6.03 Å². The number of carbonyl (C=O) groups excluding carboxylic acids is 2. The SMILES string of the molecule is CCCCCCNC(=O)N1CCc2[nH]nc(C(=O)NC)c2C1. The van der Waals surface area contributed by atoms with Crippen LogP contribution >= 0.6 is 0 Å². The van der Waals surface area contributed by atoms with Gasteiger partial charge in [-0.05, 0) is 6.42 Å². The highest BCUT2D eigenvalue weighted by atomic mass is 16.2. The largest absolute Gasteiger partial charge is 0.354 e. The molecule has 0 radical (unpaired) electrons. The van der Waals surface area contributed by atoms with Crippen molar-refractivity contribution in [2.24, 2.45) is 0 Å². The Bertz CT molecular complexity index is 526. The monoisotopic (exact) mass is 307 g/mol. The molecule has 3 N–H and O–H groups in total. The van der Waals surface area contributed by atoms with Crippen LogP contribution in [0.2, 0.25) is 0 Å². The van der Waals surface area contributed by atoms with Gasteiger partial charge in [0.25, 0.3) is 5.91 Å². The summed E-state index contributed by atoms with van der Waals surface area (Å²) in [5.41, 5.74) is 2.16. The molecule has 122 valence electrons. The maximum absolute atomic E-state index is 12.2. The molecule has 1 aliphatic rings. The zero-order valence-corrected chi connectivity index (χ0v) is 13.4. The molecule has 0 fully saturated rings. The lowest BCUT2D eigenvalue weighted by Crippen LogP contribution is -2.43. The highest BCUT2D eigenvalue weighted by Crippen LogP contribution is 2.20. The van der Waals surface area contributed by atoms with Crippen molar-refractivity contribution in [1.29, 1.82) is 0 Å². The number of rotatable bonds is 6. The van der Waals surface area contributed by atoms with Gasteiger partial charge in [-0.3, -0.25) is 9.89 Å². The number of fused-ring (bicyclic) bond motifs is 1. The van der Waals surface area contributed by atoms with Crippen LogP contribution in [-0.2, 0) is 13.0 Å². The number of hydrogen-bond donors (Lipinski definition) is 3. The van der Waals surface area contributed by atoms with E-state index in [4.69, 9.17) is 0 Å². The van der Waals surface area contributed by atoms with Crippen LogP contribution in [0, 0.1) is 0 Å². The van der Waals surface area contributed by atoms with Crippen LogP contribution in [0.25, 0.3) is 0 Å². The summed E-state index contributed by atoms with van der Waals surface area (Å²) in [7, 11) is 1.58. The average Bonchev–Trinajstić information content (AvgIpc) is 2.96. The van der Waals surface area contributed by atoms with Crippen molar-refractivity contribution in [2.75, 3.05) is 20.1 Å². The van der Waals surface area contributed by atoms with Crippen molar-refractivity contribution in [2.45, 2.75) is 45.6 Å². The minimum atomic E-state index is -0.223. The predicted octanol–water partition coefficient (Wildman–Crippen LogP) is 1.42. The zero-order chi connectivity index (χ0) is 15.9. The number of urea groups is 1. The van der Waals surface area contributed by atoms with E-state index >= 15 is 0 Å². The Morgan fingerprint density at radius 1 is 1.32 bits per heavy atom. The summed E-state index contributed by atoms with van der Waals surface area (Å²) in [6.45, 7) is 3.94. The molecule has 3 amide bonds. The van der Waals surface area contributed by atoms with Crippen LogP contribution in [0.3, 0.4) is 0 Å². The maximum atomic E-state index is 12.2. The molecule has 7 heteroatoms. The van der Waals surface area contributed by atoms with Gasteiger partial charge in [-0.1, -0.05) is 26.2 Å². The number of hydrogen-bond acceptors (Lipinski definition) is 3. The van der Waals surface area contributed by atoms with Gasteiger partial charge in [0.15, 0.2) is 5.69 Å². The molecule has 0 unspecified atom stereocenters. The van der Waals surface area contributed by atoms with Gasteiger partial charge in [0, 0.05) is 37.8 Å². The average molecular weight is 307 g/mol. The molecule has 22 heavy (non-hydrogen) atoms. The lowest BCUT2D eigenvalue weighted by Gasteiger charge is -2.27. The van der Waals surface area contributed by atoms with Crippen molar-refractivity contribution in [3.63, 3.8) is 0 Å². The van der Waals surface area contributed by atoms with Crippen LogP contribution in [-0.4, -0.2) is 47.2 Å². The van der Waals surface area contributed by atoms with Gasteiger partial charge in [-0.15, -0.1) is 0 Å². The first-order valence-corrected chi connectivity index (χ1v) is 7.98. The molecule has 0 bridgehead atoms. The Balaban J connectivity index is 1.89. The van der Waals surface area contributed by atoms with Crippen LogP contribution in [0.1, 0.15) is 54.4 Å². The molecule has 0 saturated heterocycles. The second kappa shape index (κ2) is 7.82. The van der Waals surface area contributed by atoms with Crippen molar-refractivity contribution in [3.05, 3.63) is 17.0 Å². The summed E-state index contributed by atoms with van der Waals surface area (Å²) in [4.78, 5) is 25.7. The molecule has 1 aromatic heterocycles. The third-order valence-corrected chi connectivity index (χ3v) is 3.97. The number of carbonyl (C=O) groups is 2. The summed E-state index contributed by atoms with van der Waals surface area (Å²) < 4.78 is 0. The molecule has 2 heterocycles. The molecule has 1 aromatic rings. The number of nitrogens with one attached hydrogen (secondary N) is 3. The fraction of sp³-hybridized carbons (Fsp3) is 0.667. The van der Waals surface area contributed by atoms with Gasteiger partial charge in [0.05, 0.1) is 6.54 Å². The fourth-order valence-electron chi connectivity index (χ4n) is 2.63. The van der Waals surface area contributed by atoms with Crippen LogP contribution in [0.4, 0.5) is 4.79 Å². The lowest BCUT2D eigenvalue weighted by atomic mass is 10.1. The van der Waals surface area contributed by atoms with Crippen molar-refractivity contribution in [1.82, 2.24) is 25.7 Å². The molecule has 2 rings (SSSR count). The Morgan fingerprint density at radius 2 is 2.14 bits per heavy atom. The predicted molar refractivity (Wildman–Crippen MR) is 83.6 cm³/mol. The molecule has 0 spiro atoms. The van der Waals surface area contributed by atoms with Gasteiger partial charge in [-0.2, -0.15) is 5.10 Å². The van der Waals surface area contributed by atoms with Gasteiger partial charge in [-0.25, -0.2) is 4.79 Å². The van der Waals surface area contributed by atoms with E-state index in [0.29, 0.717) is 31.7 Å². The van der Waals surface area contributed by atoms with E-state index in [1.54, 1.807) is 11.9 Å². The van der Waals surface area contributed by atoms with E-state index in [1.807, 2.05) is 0 Å². The second-order valence-corrected chi connectivity index (χ2v) is 5.57. The standard InChI is InChI=1S/C15H25N5O2/c1-3-4-5-6-8-17-15(22)20-9-7-12-11(10-20)13(19-18-12)14(21)16-2/h3-10H2,1-2H3,(H,16,21)(H,17,22)(H,18,19). The van der Waals surface area contributed by atoms with Gasteiger partial charge in [0.2, 0.25) is 0 Å². The molecule has 7 nitrogen and oxygen atoms in total. The van der Waals surface area contributed by atoms with E-state index in [2.05, 4.69) is 27.8 Å². The van der Waals surface area contributed by atoms with E-state index in [9.17, 15) is 9.59 Å². The Morgan fingerprint density at radius 3 is 2.86 bits per heavy atom. The number of H-pyrrole nitrogens is 1. The summed E-state index contributed by atoms with van der Waals surface area (Å²) in [5.74, 6) is -0.223. The Hall–Kier alpha value is -2.05. The highest BCUT2D eigenvalue weighted by molar-refractivity contribution is 5.94. The summed E-state index contributed by atoms with van der Waals surface area (Å²) >= 11 is 0. The molecule has 1 aliphatic heterocycles. The topological polar surface area (TPSA) is 90.1 Å². The van der Waals surface area contributed by atoms with Crippen molar-refractivity contribution < 1.29 is 9.59 Å². The van der Waals surface area contributed by atoms with Gasteiger partial charge < -0.3 is 15.5 Å². The van der Waals surface area contributed by atoms with Crippen LogP contribution in [0.15, 0.2) is 0 Å². The quantitative estimate of drug-likeness (QED) is 0.694. The van der Waals surface area contributed by atoms with Crippen molar-refractivity contribution in [3.8, 4) is 0 Å². The number of aromatic nitrogens is 2. The highest BCUT2D eigenvalue weighted by Gasteiger charge is 2.27. The van der Waals surface area contributed by atoms with E-state index in [-0.39, 0.29) is 11.9 Å². The zero-order valence-electron chi connectivity index (χ0n) is 13.4. The maximum Gasteiger partial charge on any atom is 0.317 e. The molecular weight excluding hydrogens is 282 g/mol. The third kappa shape index (κ3) is 3.78. The minimum Gasteiger partial charge on any atom is -0.354 e. The lowest BCUT2D eigenvalue weighted by molar-refractivity contribution is 0.0955. The second-order valence-electron chi connectivity index (χ2n) is 5.57. The number of amides is 3. The smallest absolute Gasteiger partial charge is 0.317 e. The summed E-state index contributed by atoms with van der Waals surface area (Å²) in [6, 6.07) is -0.0637. The molecule has 0 atom stereocenters. The summed E-state index contributed by atoms with van der Waals surface area (Å²) in [5, 5.41) is 12.5.